The van der Waals surface area contributed by atoms with Crippen LogP contribution in [0, 0.1) is 5.92 Å². The first-order chi connectivity index (χ1) is 8.76. The zero-order valence-corrected chi connectivity index (χ0v) is 13.0. The fourth-order valence-corrected chi connectivity index (χ4v) is 2.50. The predicted octanol–water partition coefficient (Wildman–Crippen LogP) is 5.91. The van der Waals surface area contributed by atoms with E-state index < -0.39 is 0 Å². The van der Waals surface area contributed by atoms with Gasteiger partial charge in [-0.3, -0.25) is 4.79 Å². The molecule has 0 rings (SSSR count). The van der Waals surface area contributed by atoms with Crippen LogP contribution in [0.3, 0.4) is 0 Å². The first-order valence-corrected chi connectivity index (χ1v) is 8.28. The SMILES string of the molecule is CCCCCCCCCC(=O)C(CC)CCCC. The lowest BCUT2D eigenvalue weighted by Gasteiger charge is -2.12. The Morgan fingerprint density at radius 3 is 1.89 bits per heavy atom. The van der Waals surface area contributed by atoms with E-state index in [1.54, 1.807) is 0 Å². The summed E-state index contributed by atoms with van der Waals surface area (Å²) in [7, 11) is 0. The maximum atomic E-state index is 12.0. The quantitative estimate of drug-likeness (QED) is 0.373. The highest BCUT2D eigenvalue weighted by atomic mass is 16.1. The molecular formula is C17H34O. The normalized spacial score (nSPS) is 12.6. The maximum Gasteiger partial charge on any atom is 0.135 e. The average Bonchev–Trinajstić information content (AvgIpc) is 2.38. The van der Waals surface area contributed by atoms with Crippen molar-refractivity contribution in [1.82, 2.24) is 0 Å². The van der Waals surface area contributed by atoms with Gasteiger partial charge >= 0.3 is 0 Å². The zero-order chi connectivity index (χ0) is 13.6. The molecular weight excluding hydrogens is 220 g/mol. The van der Waals surface area contributed by atoms with Gasteiger partial charge in [-0.25, -0.2) is 0 Å². The van der Waals surface area contributed by atoms with E-state index >= 15 is 0 Å². The van der Waals surface area contributed by atoms with Crippen molar-refractivity contribution in [2.45, 2.75) is 97.8 Å². The number of carbonyl (C=O) groups is 1. The highest BCUT2D eigenvalue weighted by Gasteiger charge is 2.14. The molecule has 0 aliphatic carbocycles. The van der Waals surface area contributed by atoms with Crippen molar-refractivity contribution in [3.63, 3.8) is 0 Å². The van der Waals surface area contributed by atoms with Gasteiger partial charge in [0.05, 0.1) is 0 Å². The molecule has 1 atom stereocenters. The molecule has 0 amide bonds. The summed E-state index contributed by atoms with van der Waals surface area (Å²) in [5, 5.41) is 0. The van der Waals surface area contributed by atoms with E-state index in [-0.39, 0.29) is 0 Å². The van der Waals surface area contributed by atoms with Gasteiger partial charge in [0.1, 0.15) is 5.78 Å². The monoisotopic (exact) mass is 254 g/mol. The number of unbranched alkanes of at least 4 members (excludes halogenated alkanes) is 7. The van der Waals surface area contributed by atoms with Gasteiger partial charge in [-0.15, -0.1) is 0 Å². The van der Waals surface area contributed by atoms with Crippen LogP contribution < -0.4 is 0 Å². The molecule has 1 heteroatoms. The lowest BCUT2D eigenvalue weighted by molar-refractivity contribution is -0.123. The Hall–Kier alpha value is -0.330. The minimum atomic E-state index is 0.352. The molecule has 1 nitrogen and oxygen atoms in total. The number of hydrogen-bond donors (Lipinski definition) is 0. The third kappa shape index (κ3) is 9.67. The molecule has 0 aliphatic rings. The van der Waals surface area contributed by atoms with Gasteiger partial charge < -0.3 is 0 Å². The number of hydrogen-bond acceptors (Lipinski definition) is 1. The van der Waals surface area contributed by atoms with Crippen molar-refractivity contribution in [3.8, 4) is 0 Å². The van der Waals surface area contributed by atoms with E-state index in [9.17, 15) is 4.79 Å². The van der Waals surface area contributed by atoms with Gasteiger partial charge in [0.15, 0.2) is 0 Å². The lowest BCUT2D eigenvalue weighted by atomic mass is 9.91. The van der Waals surface area contributed by atoms with E-state index in [2.05, 4.69) is 20.8 Å². The summed E-state index contributed by atoms with van der Waals surface area (Å²) >= 11 is 0. The Bertz CT molecular complexity index is 186. The largest absolute Gasteiger partial charge is 0.299 e. The van der Waals surface area contributed by atoms with Crippen LogP contribution in [0.15, 0.2) is 0 Å². The van der Waals surface area contributed by atoms with Gasteiger partial charge in [-0.1, -0.05) is 72.1 Å². The van der Waals surface area contributed by atoms with Crippen LogP contribution in [-0.2, 0) is 4.79 Å². The second-order valence-electron chi connectivity index (χ2n) is 5.59. The molecule has 0 saturated heterocycles. The third-order valence-corrected chi connectivity index (χ3v) is 3.88. The summed E-state index contributed by atoms with van der Waals surface area (Å²) in [4.78, 5) is 12.0. The molecule has 0 radical (unpaired) electrons. The second-order valence-corrected chi connectivity index (χ2v) is 5.59. The Kier molecular flexibility index (Phi) is 12.9. The summed E-state index contributed by atoms with van der Waals surface area (Å²) in [5.74, 6) is 0.879. The van der Waals surface area contributed by atoms with Crippen molar-refractivity contribution >= 4 is 5.78 Å². The van der Waals surface area contributed by atoms with Gasteiger partial charge in [-0.2, -0.15) is 0 Å². The molecule has 0 N–H and O–H groups in total. The van der Waals surface area contributed by atoms with Gasteiger partial charge in [-0.05, 0) is 19.3 Å². The molecule has 0 aromatic heterocycles. The topological polar surface area (TPSA) is 17.1 Å². The lowest BCUT2D eigenvalue weighted by Crippen LogP contribution is -2.13. The van der Waals surface area contributed by atoms with E-state index in [1.165, 1.54) is 51.4 Å². The highest BCUT2D eigenvalue weighted by Crippen LogP contribution is 2.17. The van der Waals surface area contributed by atoms with Gasteiger partial charge in [0, 0.05) is 12.3 Å². The second kappa shape index (κ2) is 13.1. The molecule has 0 aromatic rings. The fraction of sp³-hybridized carbons (Fsp3) is 0.941. The summed E-state index contributed by atoms with van der Waals surface area (Å²) in [6, 6.07) is 0. The standard InChI is InChI=1S/C17H34O/c1-4-7-9-10-11-12-13-15-17(18)16(6-3)14-8-5-2/h16H,4-15H2,1-3H3. The molecule has 0 aliphatic heterocycles. The molecule has 18 heavy (non-hydrogen) atoms. The Balaban J connectivity index is 3.49. The van der Waals surface area contributed by atoms with Gasteiger partial charge in [0.2, 0.25) is 0 Å². The van der Waals surface area contributed by atoms with Crippen LogP contribution in [0.2, 0.25) is 0 Å². The van der Waals surface area contributed by atoms with E-state index in [1.807, 2.05) is 0 Å². The summed E-state index contributed by atoms with van der Waals surface area (Å²) in [6.45, 7) is 6.61. The number of Topliss-reactive ketones (excluding diaryl/α,β-unsaturated/α-hetero) is 1. The molecule has 1 unspecified atom stereocenters. The van der Waals surface area contributed by atoms with Crippen molar-refractivity contribution in [2.75, 3.05) is 0 Å². The minimum Gasteiger partial charge on any atom is -0.299 e. The number of carbonyl (C=O) groups excluding carboxylic acids is 1. The maximum absolute atomic E-state index is 12.0. The number of rotatable bonds is 13. The molecule has 0 aromatic carbocycles. The van der Waals surface area contributed by atoms with E-state index in [0.717, 1.165) is 25.7 Å². The number of ketones is 1. The molecule has 0 spiro atoms. The van der Waals surface area contributed by atoms with Crippen LogP contribution >= 0.6 is 0 Å². The zero-order valence-electron chi connectivity index (χ0n) is 13.0. The molecule has 108 valence electrons. The van der Waals surface area contributed by atoms with E-state index in [0.29, 0.717) is 11.7 Å². The molecule has 0 heterocycles. The van der Waals surface area contributed by atoms with Crippen LogP contribution in [0.25, 0.3) is 0 Å². The third-order valence-electron chi connectivity index (χ3n) is 3.88. The minimum absolute atomic E-state index is 0.352. The van der Waals surface area contributed by atoms with Crippen LogP contribution in [0.1, 0.15) is 97.8 Å². The first kappa shape index (κ1) is 17.7. The van der Waals surface area contributed by atoms with E-state index in [4.69, 9.17) is 0 Å². The summed E-state index contributed by atoms with van der Waals surface area (Å²) in [5.41, 5.74) is 0. The van der Waals surface area contributed by atoms with Crippen molar-refractivity contribution in [1.29, 1.82) is 0 Å². The smallest absolute Gasteiger partial charge is 0.135 e. The summed E-state index contributed by atoms with van der Waals surface area (Å²) < 4.78 is 0. The Morgan fingerprint density at radius 1 is 0.778 bits per heavy atom. The molecule has 0 bridgehead atoms. The first-order valence-electron chi connectivity index (χ1n) is 8.28. The van der Waals surface area contributed by atoms with Crippen molar-refractivity contribution in [3.05, 3.63) is 0 Å². The van der Waals surface area contributed by atoms with Crippen LogP contribution in [0.5, 0.6) is 0 Å². The molecule has 0 saturated carbocycles. The average molecular weight is 254 g/mol. The Morgan fingerprint density at radius 2 is 1.33 bits per heavy atom. The van der Waals surface area contributed by atoms with Crippen LogP contribution in [0.4, 0.5) is 0 Å². The predicted molar refractivity (Wildman–Crippen MR) is 80.9 cm³/mol. The van der Waals surface area contributed by atoms with Crippen molar-refractivity contribution in [2.24, 2.45) is 5.92 Å². The highest BCUT2D eigenvalue weighted by molar-refractivity contribution is 5.80. The van der Waals surface area contributed by atoms with Gasteiger partial charge in [0.25, 0.3) is 0 Å². The molecule has 0 fully saturated rings. The fourth-order valence-electron chi connectivity index (χ4n) is 2.50. The summed E-state index contributed by atoms with van der Waals surface area (Å²) in [6.07, 6.45) is 14.5. The Labute approximate surface area is 115 Å². The van der Waals surface area contributed by atoms with Crippen LogP contribution in [-0.4, -0.2) is 5.78 Å². The van der Waals surface area contributed by atoms with Crippen molar-refractivity contribution < 1.29 is 4.79 Å².